The first-order valence-corrected chi connectivity index (χ1v) is 6.04. The molecule has 2 aromatic rings. The van der Waals surface area contributed by atoms with E-state index in [-0.39, 0.29) is 11.9 Å². The van der Waals surface area contributed by atoms with Crippen LogP contribution in [0.3, 0.4) is 0 Å². The molecule has 6 heteroatoms. The molecule has 0 fully saturated rings. The molecule has 0 radical (unpaired) electrons. The van der Waals surface area contributed by atoms with Crippen molar-refractivity contribution in [3.63, 3.8) is 0 Å². The van der Waals surface area contributed by atoms with Gasteiger partial charge in [0.2, 0.25) is 0 Å². The van der Waals surface area contributed by atoms with E-state index in [4.69, 9.17) is 4.74 Å². The SMILES string of the molecule is CNC(C)c1cc(F)ccc1OCc1ncnn1C. The average Bonchev–Trinajstić information content (AvgIpc) is 2.82. The standard InChI is InChI=1S/C13H17FN4O/c1-9(15-2)11-6-10(14)4-5-12(11)19-7-13-16-8-17-18(13)3/h4-6,8-9,15H,7H2,1-3H3. The molecule has 1 heterocycles. The molecule has 1 aromatic carbocycles. The van der Waals surface area contributed by atoms with Gasteiger partial charge in [-0.1, -0.05) is 0 Å². The molecular formula is C13H17FN4O. The van der Waals surface area contributed by atoms with Gasteiger partial charge < -0.3 is 10.1 Å². The summed E-state index contributed by atoms with van der Waals surface area (Å²) in [5, 5.41) is 7.04. The summed E-state index contributed by atoms with van der Waals surface area (Å²) in [6.07, 6.45) is 1.47. The quantitative estimate of drug-likeness (QED) is 0.895. The fourth-order valence-corrected chi connectivity index (χ4v) is 1.74. The van der Waals surface area contributed by atoms with Crippen LogP contribution >= 0.6 is 0 Å². The number of ether oxygens (including phenoxy) is 1. The lowest BCUT2D eigenvalue weighted by Gasteiger charge is -2.16. The van der Waals surface area contributed by atoms with Crippen LogP contribution in [-0.2, 0) is 13.7 Å². The smallest absolute Gasteiger partial charge is 0.164 e. The summed E-state index contributed by atoms with van der Waals surface area (Å²) in [6, 6.07) is 4.50. The lowest BCUT2D eigenvalue weighted by molar-refractivity contribution is 0.284. The van der Waals surface area contributed by atoms with E-state index < -0.39 is 0 Å². The molecule has 1 unspecified atom stereocenters. The monoisotopic (exact) mass is 264 g/mol. The van der Waals surface area contributed by atoms with Gasteiger partial charge in [-0.05, 0) is 32.2 Å². The van der Waals surface area contributed by atoms with E-state index >= 15 is 0 Å². The number of nitrogens with zero attached hydrogens (tertiary/aromatic N) is 3. The molecule has 1 atom stereocenters. The van der Waals surface area contributed by atoms with Crippen LogP contribution in [0.1, 0.15) is 24.4 Å². The van der Waals surface area contributed by atoms with Crippen LogP contribution < -0.4 is 10.1 Å². The Morgan fingerprint density at radius 3 is 2.89 bits per heavy atom. The van der Waals surface area contributed by atoms with Crippen LogP contribution in [0.25, 0.3) is 0 Å². The Bertz CT molecular complexity index is 555. The van der Waals surface area contributed by atoms with Crippen LogP contribution in [0, 0.1) is 5.82 Å². The molecule has 0 aliphatic rings. The lowest BCUT2D eigenvalue weighted by Crippen LogP contribution is -2.14. The minimum Gasteiger partial charge on any atom is -0.485 e. The Labute approximate surface area is 111 Å². The predicted octanol–water partition coefficient (Wildman–Crippen LogP) is 1.81. The molecule has 0 aliphatic heterocycles. The molecule has 1 aromatic heterocycles. The summed E-state index contributed by atoms with van der Waals surface area (Å²) in [4.78, 5) is 4.08. The number of aryl methyl sites for hydroxylation is 1. The molecular weight excluding hydrogens is 247 g/mol. The molecule has 0 spiro atoms. The molecule has 0 saturated heterocycles. The van der Waals surface area contributed by atoms with Crippen LogP contribution in [-0.4, -0.2) is 21.8 Å². The van der Waals surface area contributed by atoms with Gasteiger partial charge in [0.05, 0.1) is 0 Å². The molecule has 5 nitrogen and oxygen atoms in total. The fourth-order valence-electron chi connectivity index (χ4n) is 1.74. The normalized spacial score (nSPS) is 12.4. The largest absolute Gasteiger partial charge is 0.485 e. The van der Waals surface area contributed by atoms with Crippen molar-refractivity contribution in [3.8, 4) is 5.75 Å². The minimum atomic E-state index is -0.275. The van der Waals surface area contributed by atoms with Crippen molar-refractivity contribution >= 4 is 0 Å². The van der Waals surface area contributed by atoms with Crippen LogP contribution in [0.5, 0.6) is 5.75 Å². The maximum atomic E-state index is 13.3. The van der Waals surface area contributed by atoms with Crippen molar-refractivity contribution in [1.82, 2.24) is 20.1 Å². The summed E-state index contributed by atoms with van der Waals surface area (Å²) in [7, 11) is 3.62. The van der Waals surface area contributed by atoms with Gasteiger partial charge in [-0.3, -0.25) is 4.68 Å². The van der Waals surface area contributed by atoms with Crippen LogP contribution in [0.15, 0.2) is 24.5 Å². The second-order valence-electron chi connectivity index (χ2n) is 4.28. The molecule has 2 rings (SSSR count). The topological polar surface area (TPSA) is 52.0 Å². The Hall–Kier alpha value is -1.95. The van der Waals surface area contributed by atoms with E-state index in [2.05, 4.69) is 15.4 Å². The number of nitrogens with one attached hydrogen (secondary N) is 1. The number of aromatic nitrogens is 3. The highest BCUT2D eigenvalue weighted by atomic mass is 19.1. The molecule has 0 amide bonds. The first-order valence-electron chi connectivity index (χ1n) is 6.04. The van der Waals surface area contributed by atoms with Crippen molar-refractivity contribution in [2.45, 2.75) is 19.6 Å². The molecule has 1 N–H and O–H groups in total. The first kappa shape index (κ1) is 13.5. The zero-order chi connectivity index (χ0) is 13.8. The number of hydrogen-bond acceptors (Lipinski definition) is 4. The van der Waals surface area contributed by atoms with Gasteiger partial charge in [0.25, 0.3) is 0 Å². The minimum absolute atomic E-state index is 0.00481. The van der Waals surface area contributed by atoms with Gasteiger partial charge in [0.15, 0.2) is 5.82 Å². The van der Waals surface area contributed by atoms with Gasteiger partial charge in [0, 0.05) is 18.7 Å². The van der Waals surface area contributed by atoms with E-state index in [0.717, 1.165) is 5.56 Å². The van der Waals surface area contributed by atoms with E-state index in [1.165, 1.54) is 18.5 Å². The van der Waals surface area contributed by atoms with Crippen molar-refractivity contribution < 1.29 is 9.13 Å². The second-order valence-corrected chi connectivity index (χ2v) is 4.28. The van der Waals surface area contributed by atoms with Gasteiger partial charge in [-0.2, -0.15) is 5.10 Å². The first-order chi connectivity index (χ1) is 9.11. The van der Waals surface area contributed by atoms with Crippen molar-refractivity contribution in [1.29, 1.82) is 0 Å². The summed E-state index contributed by atoms with van der Waals surface area (Å²) < 4.78 is 20.7. The molecule has 19 heavy (non-hydrogen) atoms. The van der Waals surface area contributed by atoms with Gasteiger partial charge in [-0.15, -0.1) is 0 Å². The zero-order valence-electron chi connectivity index (χ0n) is 11.2. The predicted molar refractivity (Wildman–Crippen MR) is 69.2 cm³/mol. The lowest BCUT2D eigenvalue weighted by atomic mass is 10.1. The highest BCUT2D eigenvalue weighted by Crippen LogP contribution is 2.26. The fraction of sp³-hybridized carbons (Fsp3) is 0.385. The highest BCUT2D eigenvalue weighted by molar-refractivity contribution is 5.36. The van der Waals surface area contributed by atoms with Gasteiger partial charge in [0.1, 0.15) is 24.5 Å². The Morgan fingerprint density at radius 2 is 2.26 bits per heavy atom. The molecule has 102 valence electrons. The third kappa shape index (κ3) is 3.08. The van der Waals surface area contributed by atoms with Crippen LogP contribution in [0.4, 0.5) is 4.39 Å². The van der Waals surface area contributed by atoms with E-state index in [1.54, 1.807) is 17.8 Å². The third-order valence-electron chi connectivity index (χ3n) is 3.03. The summed E-state index contributed by atoms with van der Waals surface area (Å²) in [5.41, 5.74) is 0.782. The maximum absolute atomic E-state index is 13.3. The molecule has 0 aliphatic carbocycles. The third-order valence-corrected chi connectivity index (χ3v) is 3.03. The van der Waals surface area contributed by atoms with Gasteiger partial charge >= 0.3 is 0 Å². The summed E-state index contributed by atoms with van der Waals surface area (Å²) in [5.74, 6) is 1.08. The summed E-state index contributed by atoms with van der Waals surface area (Å²) >= 11 is 0. The number of rotatable bonds is 5. The maximum Gasteiger partial charge on any atom is 0.164 e. The summed E-state index contributed by atoms with van der Waals surface area (Å²) in [6.45, 7) is 2.25. The molecule has 0 saturated carbocycles. The van der Waals surface area contributed by atoms with E-state index in [0.29, 0.717) is 18.2 Å². The Kier molecular flexibility index (Phi) is 4.11. The Balaban J connectivity index is 2.18. The van der Waals surface area contributed by atoms with E-state index in [1.807, 2.05) is 14.0 Å². The van der Waals surface area contributed by atoms with Crippen LogP contribution in [0.2, 0.25) is 0 Å². The average molecular weight is 264 g/mol. The number of hydrogen-bond donors (Lipinski definition) is 1. The van der Waals surface area contributed by atoms with Crippen molar-refractivity contribution in [3.05, 3.63) is 41.7 Å². The second kappa shape index (κ2) is 5.79. The Morgan fingerprint density at radius 1 is 1.47 bits per heavy atom. The molecule has 0 bridgehead atoms. The van der Waals surface area contributed by atoms with E-state index in [9.17, 15) is 4.39 Å². The highest BCUT2D eigenvalue weighted by Gasteiger charge is 2.12. The number of benzene rings is 1. The van der Waals surface area contributed by atoms with Gasteiger partial charge in [-0.25, -0.2) is 9.37 Å². The van der Waals surface area contributed by atoms with Crippen molar-refractivity contribution in [2.24, 2.45) is 7.05 Å². The van der Waals surface area contributed by atoms with Crippen molar-refractivity contribution in [2.75, 3.05) is 7.05 Å². The number of halogens is 1. The zero-order valence-corrected chi connectivity index (χ0v) is 11.2.